The molecule has 148 valence electrons. The van der Waals surface area contributed by atoms with Gasteiger partial charge in [-0.15, -0.1) is 0 Å². The standard InChI is InChI=1S/C21H28N6O/c1-21(2,3)14-26-11-9-16(10-12-26)27-18-17(24-20(27)28)13-22-19(25-18)23-15-7-5-4-6-8-15/h4-8,13,16H,9-12,14H2,1-3H3,(H,24,28)(H,22,23,25). The number of nitrogens with one attached hydrogen (secondary N) is 2. The molecule has 0 saturated carbocycles. The summed E-state index contributed by atoms with van der Waals surface area (Å²) in [5.74, 6) is 0.497. The highest BCUT2D eigenvalue weighted by atomic mass is 16.1. The number of hydrogen-bond donors (Lipinski definition) is 2. The molecule has 0 aliphatic carbocycles. The van der Waals surface area contributed by atoms with Gasteiger partial charge in [-0.2, -0.15) is 4.98 Å². The topological polar surface area (TPSA) is 78.8 Å². The molecule has 1 aliphatic rings. The van der Waals surface area contributed by atoms with Gasteiger partial charge in [0, 0.05) is 31.4 Å². The van der Waals surface area contributed by atoms with E-state index in [1.165, 1.54) is 0 Å². The van der Waals surface area contributed by atoms with Crippen molar-refractivity contribution in [3.05, 3.63) is 47.0 Å². The Bertz CT molecular complexity index is 993. The third-order valence-electron chi connectivity index (χ3n) is 5.11. The Morgan fingerprint density at radius 2 is 1.89 bits per heavy atom. The lowest BCUT2D eigenvalue weighted by Gasteiger charge is -2.36. The smallest absolute Gasteiger partial charge is 0.324 e. The molecule has 2 N–H and O–H groups in total. The van der Waals surface area contributed by atoms with Gasteiger partial charge in [0.15, 0.2) is 5.65 Å². The normalized spacial score (nSPS) is 16.5. The molecule has 3 heterocycles. The first-order valence-corrected chi connectivity index (χ1v) is 9.91. The van der Waals surface area contributed by atoms with Gasteiger partial charge in [-0.05, 0) is 30.4 Å². The van der Waals surface area contributed by atoms with Crippen LogP contribution in [0.2, 0.25) is 0 Å². The summed E-state index contributed by atoms with van der Waals surface area (Å²) in [6, 6.07) is 9.96. The quantitative estimate of drug-likeness (QED) is 0.724. The van der Waals surface area contributed by atoms with Crippen LogP contribution >= 0.6 is 0 Å². The largest absolute Gasteiger partial charge is 0.327 e. The van der Waals surface area contributed by atoms with Crippen LogP contribution in [0, 0.1) is 5.41 Å². The van der Waals surface area contributed by atoms with Crippen LogP contribution in [0.4, 0.5) is 11.6 Å². The lowest BCUT2D eigenvalue weighted by molar-refractivity contribution is 0.138. The van der Waals surface area contributed by atoms with Gasteiger partial charge in [0.25, 0.3) is 0 Å². The predicted molar refractivity (Wildman–Crippen MR) is 112 cm³/mol. The Hall–Kier alpha value is -2.67. The first-order chi connectivity index (χ1) is 13.4. The fraction of sp³-hybridized carbons (Fsp3) is 0.476. The molecule has 0 atom stereocenters. The highest BCUT2D eigenvalue weighted by Crippen LogP contribution is 2.26. The molecule has 4 rings (SSSR count). The van der Waals surface area contributed by atoms with Crippen LogP contribution in [0.5, 0.6) is 0 Å². The second kappa shape index (κ2) is 7.39. The first kappa shape index (κ1) is 18.7. The monoisotopic (exact) mass is 380 g/mol. The molecular formula is C21H28N6O. The van der Waals surface area contributed by atoms with E-state index in [4.69, 9.17) is 0 Å². The summed E-state index contributed by atoms with van der Waals surface area (Å²) < 4.78 is 1.82. The number of para-hydroxylation sites is 1. The van der Waals surface area contributed by atoms with E-state index in [9.17, 15) is 4.79 Å². The maximum atomic E-state index is 12.6. The molecular weight excluding hydrogens is 352 g/mol. The van der Waals surface area contributed by atoms with E-state index in [0.717, 1.165) is 38.2 Å². The van der Waals surface area contributed by atoms with E-state index in [1.54, 1.807) is 6.20 Å². The van der Waals surface area contributed by atoms with Crippen LogP contribution in [0.3, 0.4) is 0 Å². The Morgan fingerprint density at radius 1 is 1.18 bits per heavy atom. The van der Waals surface area contributed by atoms with Gasteiger partial charge >= 0.3 is 5.69 Å². The number of fused-ring (bicyclic) bond motifs is 1. The molecule has 28 heavy (non-hydrogen) atoms. The number of likely N-dealkylation sites (tertiary alicyclic amines) is 1. The number of aromatic nitrogens is 4. The van der Waals surface area contributed by atoms with Crippen molar-refractivity contribution in [3.8, 4) is 0 Å². The van der Waals surface area contributed by atoms with Gasteiger partial charge in [0.2, 0.25) is 5.95 Å². The number of rotatable bonds is 4. The maximum absolute atomic E-state index is 12.6. The van der Waals surface area contributed by atoms with Crippen molar-refractivity contribution >= 4 is 22.8 Å². The summed E-state index contributed by atoms with van der Waals surface area (Å²) in [7, 11) is 0. The fourth-order valence-corrected chi connectivity index (χ4v) is 3.97. The summed E-state index contributed by atoms with van der Waals surface area (Å²) in [5, 5.41) is 3.21. The number of H-pyrrole nitrogens is 1. The number of aromatic amines is 1. The summed E-state index contributed by atoms with van der Waals surface area (Å²) in [6.07, 6.45) is 3.59. The van der Waals surface area contributed by atoms with Crippen LogP contribution in [0.15, 0.2) is 41.3 Å². The van der Waals surface area contributed by atoms with Crippen LogP contribution in [0.25, 0.3) is 11.2 Å². The van der Waals surface area contributed by atoms with Gasteiger partial charge in [-0.3, -0.25) is 4.57 Å². The van der Waals surface area contributed by atoms with E-state index in [-0.39, 0.29) is 17.1 Å². The van der Waals surface area contributed by atoms with Gasteiger partial charge in [-0.1, -0.05) is 39.0 Å². The Kier molecular flexibility index (Phi) is 4.93. The van der Waals surface area contributed by atoms with Crippen LogP contribution in [0.1, 0.15) is 39.7 Å². The molecule has 1 saturated heterocycles. The van der Waals surface area contributed by atoms with Crippen molar-refractivity contribution in [2.24, 2.45) is 5.41 Å². The summed E-state index contributed by atoms with van der Waals surface area (Å²) in [6.45, 7) is 9.88. The zero-order chi connectivity index (χ0) is 19.7. The fourth-order valence-electron chi connectivity index (χ4n) is 3.97. The molecule has 0 amide bonds. The van der Waals surface area contributed by atoms with E-state index < -0.39 is 0 Å². The zero-order valence-corrected chi connectivity index (χ0v) is 16.8. The first-order valence-electron chi connectivity index (χ1n) is 9.91. The van der Waals surface area contributed by atoms with Crippen molar-refractivity contribution in [1.82, 2.24) is 24.4 Å². The van der Waals surface area contributed by atoms with Crippen LogP contribution in [-0.2, 0) is 0 Å². The Balaban J connectivity index is 1.56. The molecule has 1 aromatic carbocycles. The molecule has 0 spiro atoms. The molecule has 0 radical (unpaired) electrons. The van der Waals surface area contributed by atoms with Crippen molar-refractivity contribution in [2.75, 3.05) is 25.0 Å². The van der Waals surface area contributed by atoms with E-state index in [1.807, 2.05) is 34.9 Å². The Labute approximate surface area is 164 Å². The number of benzene rings is 1. The molecule has 1 fully saturated rings. The minimum absolute atomic E-state index is 0.101. The molecule has 1 aliphatic heterocycles. The summed E-state index contributed by atoms with van der Waals surface area (Å²) in [5.41, 5.74) is 2.46. The molecule has 3 aromatic rings. The highest BCUT2D eigenvalue weighted by molar-refractivity contribution is 5.72. The minimum Gasteiger partial charge on any atom is -0.324 e. The summed E-state index contributed by atoms with van der Waals surface area (Å²) in [4.78, 5) is 27.0. The molecule has 0 unspecified atom stereocenters. The minimum atomic E-state index is -0.101. The number of nitrogens with zero attached hydrogens (tertiary/aromatic N) is 4. The predicted octanol–water partition coefficient (Wildman–Crippen LogP) is 3.55. The van der Waals surface area contributed by atoms with E-state index in [2.05, 4.69) is 45.9 Å². The second-order valence-electron chi connectivity index (χ2n) is 8.79. The van der Waals surface area contributed by atoms with Gasteiger partial charge in [0.1, 0.15) is 5.52 Å². The Morgan fingerprint density at radius 3 is 2.57 bits per heavy atom. The number of piperidine rings is 1. The number of anilines is 2. The SMILES string of the molecule is CC(C)(C)CN1CCC(n2c(=O)[nH]c3cnc(Nc4ccccc4)nc32)CC1. The zero-order valence-electron chi connectivity index (χ0n) is 16.8. The van der Waals surface area contributed by atoms with Crippen LogP contribution < -0.4 is 11.0 Å². The third kappa shape index (κ3) is 4.09. The van der Waals surface area contributed by atoms with Crippen molar-refractivity contribution in [3.63, 3.8) is 0 Å². The number of hydrogen-bond acceptors (Lipinski definition) is 5. The second-order valence-corrected chi connectivity index (χ2v) is 8.79. The van der Waals surface area contributed by atoms with E-state index in [0.29, 0.717) is 17.1 Å². The highest BCUT2D eigenvalue weighted by Gasteiger charge is 2.26. The van der Waals surface area contributed by atoms with Crippen LogP contribution in [-0.4, -0.2) is 44.1 Å². The van der Waals surface area contributed by atoms with Gasteiger partial charge in [-0.25, -0.2) is 9.78 Å². The molecule has 7 nitrogen and oxygen atoms in total. The lowest BCUT2D eigenvalue weighted by Crippen LogP contribution is -2.40. The molecule has 0 bridgehead atoms. The maximum Gasteiger partial charge on any atom is 0.327 e. The van der Waals surface area contributed by atoms with E-state index >= 15 is 0 Å². The number of imidazole rings is 1. The lowest BCUT2D eigenvalue weighted by atomic mass is 9.94. The average molecular weight is 380 g/mol. The molecule has 7 heteroatoms. The third-order valence-corrected chi connectivity index (χ3v) is 5.11. The average Bonchev–Trinajstić information content (AvgIpc) is 2.97. The van der Waals surface area contributed by atoms with Crippen molar-refractivity contribution in [1.29, 1.82) is 0 Å². The van der Waals surface area contributed by atoms with Gasteiger partial charge < -0.3 is 15.2 Å². The van der Waals surface area contributed by atoms with Crippen molar-refractivity contribution < 1.29 is 0 Å². The summed E-state index contributed by atoms with van der Waals surface area (Å²) >= 11 is 0. The van der Waals surface area contributed by atoms with Crippen molar-refractivity contribution in [2.45, 2.75) is 39.7 Å². The molecule has 2 aromatic heterocycles. The van der Waals surface area contributed by atoms with Gasteiger partial charge in [0.05, 0.1) is 6.20 Å².